The Morgan fingerprint density at radius 2 is 2.00 bits per heavy atom. The van der Waals surface area contributed by atoms with Gasteiger partial charge in [-0.2, -0.15) is 4.31 Å². The van der Waals surface area contributed by atoms with E-state index in [-0.39, 0.29) is 0 Å². The van der Waals surface area contributed by atoms with Crippen molar-refractivity contribution in [2.24, 2.45) is 0 Å². The predicted molar refractivity (Wildman–Crippen MR) is 67.6 cm³/mol. The molecule has 1 N–H and O–H groups in total. The molecule has 0 heterocycles. The van der Waals surface area contributed by atoms with E-state index in [2.05, 4.69) is 0 Å². The normalized spacial score (nSPS) is 15.2. The topological polar surface area (TPSA) is 118 Å². The van der Waals surface area contributed by atoms with Crippen LogP contribution in [0.2, 0.25) is 0 Å². The van der Waals surface area contributed by atoms with Crippen molar-refractivity contribution >= 4 is 21.7 Å². The maximum absolute atomic E-state index is 12.4. The van der Waals surface area contributed by atoms with Gasteiger partial charge in [0.25, 0.3) is 15.7 Å². The highest BCUT2D eigenvalue weighted by atomic mass is 32.2. The van der Waals surface area contributed by atoms with Gasteiger partial charge in [0.05, 0.1) is 4.92 Å². The van der Waals surface area contributed by atoms with E-state index in [0.29, 0.717) is 12.8 Å². The number of nitro groups is 1. The van der Waals surface area contributed by atoms with E-state index in [0.717, 1.165) is 16.4 Å². The van der Waals surface area contributed by atoms with Gasteiger partial charge in [0.2, 0.25) is 0 Å². The number of carboxylic acids is 1. The number of nitro benzene ring substituents is 1. The molecule has 1 aliphatic carbocycles. The monoisotopic (exact) mass is 300 g/mol. The van der Waals surface area contributed by atoms with Crippen molar-refractivity contribution in [3.8, 4) is 0 Å². The van der Waals surface area contributed by atoms with Crippen molar-refractivity contribution in [2.75, 3.05) is 6.54 Å². The van der Waals surface area contributed by atoms with E-state index < -0.39 is 44.1 Å². The molecule has 0 bridgehead atoms. The molecule has 1 aromatic rings. The number of rotatable bonds is 6. The number of para-hydroxylation sites is 1. The Morgan fingerprint density at radius 3 is 2.50 bits per heavy atom. The van der Waals surface area contributed by atoms with E-state index in [9.17, 15) is 23.3 Å². The molecule has 1 aromatic carbocycles. The Bertz CT molecular complexity index is 653. The molecule has 1 saturated carbocycles. The van der Waals surface area contributed by atoms with Crippen LogP contribution in [0.5, 0.6) is 0 Å². The molecule has 108 valence electrons. The maximum atomic E-state index is 12.4. The molecule has 0 spiro atoms. The molecule has 0 amide bonds. The highest BCUT2D eigenvalue weighted by Gasteiger charge is 2.41. The van der Waals surface area contributed by atoms with Crippen LogP contribution in [0, 0.1) is 10.1 Å². The smallest absolute Gasteiger partial charge is 0.318 e. The minimum Gasteiger partial charge on any atom is -0.480 e. The summed E-state index contributed by atoms with van der Waals surface area (Å²) in [6.45, 7) is -0.695. The van der Waals surface area contributed by atoms with Crippen LogP contribution in [0.4, 0.5) is 5.69 Å². The molecule has 0 aliphatic heterocycles. The quantitative estimate of drug-likeness (QED) is 0.614. The molecule has 0 saturated heterocycles. The van der Waals surface area contributed by atoms with Crippen molar-refractivity contribution in [2.45, 2.75) is 23.8 Å². The largest absolute Gasteiger partial charge is 0.480 e. The van der Waals surface area contributed by atoms with Gasteiger partial charge in [-0.15, -0.1) is 0 Å². The highest BCUT2D eigenvalue weighted by molar-refractivity contribution is 7.89. The van der Waals surface area contributed by atoms with Gasteiger partial charge in [-0.05, 0) is 18.9 Å². The Kier molecular flexibility index (Phi) is 3.73. The van der Waals surface area contributed by atoms with Crippen LogP contribution in [-0.2, 0) is 14.8 Å². The second-order valence-electron chi connectivity index (χ2n) is 4.40. The van der Waals surface area contributed by atoms with Crippen molar-refractivity contribution < 1.29 is 23.2 Å². The number of carbonyl (C=O) groups is 1. The lowest BCUT2D eigenvalue weighted by atomic mass is 10.3. The Balaban J connectivity index is 2.48. The summed E-state index contributed by atoms with van der Waals surface area (Å²) in [5, 5.41) is 19.7. The molecule has 0 radical (unpaired) electrons. The van der Waals surface area contributed by atoms with Crippen LogP contribution in [0.1, 0.15) is 12.8 Å². The molecule has 1 aliphatic rings. The molecule has 8 nitrogen and oxygen atoms in total. The predicted octanol–water partition coefficient (Wildman–Crippen LogP) is 0.832. The summed E-state index contributed by atoms with van der Waals surface area (Å²) in [6.07, 6.45) is 1.13. The third-order valence-corrected chi connectivity index (χ3v) is 4.84. The summed E-state index contributed by atoms with van der Waals surface area (Å²) in [5.74, 6) is -1.29. The number of nitrogens with zero attached hydrogens (tertiary/aromatic N) is 2. The average Bonchev–Trinajstić information content (AvgIpc) is 3.19. The Labute approximate surface area is 114 Å². The fraction of sp³-hybridized carbons (Fsp3) is 0.364. The molecule has 0 atom stereocenters. The van der Waals surface area contributed by atoms with Crippen molar-refractivity contribution in [3.63, 3.8) is 0 Å². The van der Waals surface area contributed by atoms with Gasteiger partial charge >= 0.3 is 5.97 Å². The molecule has 20 heavy (non-hydrogen) atoms. The average molecular weight is 300 g/mol. The van der Waals surface area contributed by atoms with Gasteiger partial charge in [0.15, 0.2) is 4.90 Å². The number of sulfonamides is 1. The minimum atomic E-state index is -4.20. The number of benzene rings is 1. The number of hydrogen-bond acceptors (Lipinski definition) is 5. The lowest BCUT2D eigenvalue weighted by Gasteiger charge is -2.19. The first-order chi connectivity index (χ1) is 9.34. The van der Waals surface area contributed by atoms with E-state index >= 15 is 0 Å². The van der Waals surface area contributed by atoms with E-state index in [1.807, 2.05) is 0 Å². The zero-order valence-corrected chi connectivity index (χ0v) is 11.1. The third kappa shape index (κ3) is 2.78. The van der Waals surface area contributed by atoms with Gasteiger partial charge in [-0.1, -0.05) is 12.1 Å². The van der Waals surface area contributed by atoms with Crippen LogP contribution < -0.4 is 0 Å². The first kappa shape index (κ1) is 14.4. The molecular formula is C11H12N2O6S. The fourth-order valence-electron chi connectivity index (χ4n) is 1.86. The lowest BCUT2D eigenvalue weighted by Crippen LogP contribution is -2.37. The maximum Gasteiger partial charge on any atom is 0.318 e. The van der Waals surface area contributed by atoms with E-state index in [1.165, 1.54) is 12.1 Å². The number of aliphatic carboxylic acids is 1. The molecule has 0 aromatic heterocycles. The zero-order chi connectivity index (χ0) is 14.9. The van der Waals surface area contributed by atoms with Crippen molar-refractivity contribution in [1.82, 2.24) is 4.31 Å². The summed E-state index contributed by atoms with van der Waals surface area (Å²) in [7, 11) is -4.20. The van der Waals surface area contributed by atoms with Crippen LogP contribution in [0.25, 0.3) is 0 Å². The van der Waals surface area contributed by atoms with Gasteiger partial charge in [0, 0.05) is 12.1 Å². The third-order valence-electron chi connectivity index (χ3n) is 2.89. The number of carboxylic acid groups (broad SMARTS) is 1. The standard InChI is InChI=1S/C11H12N2O6S/c14-11(15)7-12(8-5-6-8)20(18,19)10-4-2-1-3-9(10)13(16)17/h1-4,8H,5-7H2,(H,14,15). The highest BCUT2D eigenvalue weighted by Crippen LogP contribution is 2.34. The fourth-order valence-corrected chi connectivity index (χ4v) is 3.65. The van der Waals surface area contributed by atoms with Crippen molar-refractivity contribution in [1.29, 1.82) is 0 Å². The first-order valence-electron chi connectivity index (χ1n) is 5.81. The molecule has 1 fully saturated rings. The second kappa shape index (κ2) is 5.17. The summed E-state index contributed by atoms with van der Waals surface area (Å²) < 4.78 is 25.7. The van der Waals surface area contributed by atoms with Gasteiger partial charge < -0.3 is 5.11 Å². The second-order valence-corrected chi connectivity index (χ2v) is 6.26. The van der Waals surface area contributed by atoms with Gasteiger partial charge in [0.1, 0.15) is 6.54 Å². The molecule has 2 rings (SSSR count). The summed E-state index contributed by atoms with van der Waals surface area (Å²) >= 11 is 0. The van der Waals surface area contributed by atoms with E-state index in [4.69, 9.17) is 5.11 Å². The van der Waals surface area contributed by atoms with Crippen LogP contribution in [0.15, 0.2) is 29.2 Å². The molecule has 9 heteroatoms. The van der Waals surface area contributed by atoms with Crippen molar-refractivity contribution in [3.05, 3.63) is 34.4 Å². The lowest BCUT2D eigenvalue weighted by molar-refractivity contribution is -0.387. The zero-order valence-electron chi connectivity index (χ0n) is 10.3. The Morgan fingerprint density at radius 1 is 1.40 bits per heavy atom. The SMILES string of the molecule is O=C(O)CN(C1CC1)S(=O)(=O)c1ccccc1[N+](=O)[O-]. The minimum absolute atomic E-state index is 0.393. The van der Waals surface area contributed by atoms with Gasteiger partial charge in [-0.25, -0.2) is 8.42 Å². The molecular weight excluding hydrogens is 288 g/mol. The van der Waals surface area contributed by atoms with Gasteiger partial charge in [-0.3, -0.25) is 14.9 Å². The summed E-state index contributed by atoms with van der Waals surface area (Å²) in [6, 6.07) is 4.53. The van der Waals surface area contributed by atoms with Crippen LogP contribution >= 0.6 is 0 Å². The van der Waals surface area contributed by atoms with Crippen LogP contribution in [0.3, 0.4) is 0 Å². The first-order valence-corrected chi connectivity index (χ1v) is 7.25. The summed E-state index contributed by atoms with van der Waals surface area (Å²) in [4.78, 5) is 20.4. The van der Waals surface area contributed by atoms with Crippen LogP contribution in [-0.4, -0.2) is 41.3 Å². The Hall–Kier alpha value is -2.00. The summed E-state index contributed by atoms with van der Waals surface area (Å²) in [5.41, 5.74) is -0.552. The molecule has 0 unspecified atom stereocenters. The van der Waals surface area contributed by atoms with E-state index in [1.54, 1.807) is 0 Å². The number of hydrogen-bond donors (Lipinski definition) is 1.